The third-order valence-corrected chi connectivity index (χ3v) is 18.9. The lowest BCUT2D eigenvalue weighted by atomic mass is 9.99. The second kappa shape index (κ2) is 60.0. The summed E-state index contributed by atoms with van der Waals surface area (Å²) in [4.78, 5) is 72.5. The van der Waals surface area contributed by atoms with Gasteiger partial charge in [-0.2, -0.15) is 0 Å². The van der Waals surface area contributed by atoms with Crippen molar-refractivity contribution in [3.63, 3.8) is 0 Å². The lowest BCUT2D eigenvalue weighted by molar-refractivity contribution is -0.161. The maximum absolute atomic E-state index is 13.0. The van der Waals surface area contributed by atoms with Crippen LogP contribution in [-0.2, 0) is 65.4 Å². The van der Waals surface area contributed by atoms with Crippen LogP contribution < -0.4 is 0 Å². The number of phosphoric acid groups is 2. The molecule has 0 fully saturated rings. The first-order valence-corrected chi connectivity index (χ1v) is 39.0. The molecule has 0 aromatic heterocycles. The normalized spacial score (nSPS) is 15.2. The van der Waals surface area contributed by atoms with Crippen LogP contribution in [0.5, 0.6) is 0 Å². The maximum Gasteiger partial charge on any atom is 0.472 e. The van der Waals surface area contributed by atoms with Gasteiger partial charge in [0.05, 0.1) is 26.4 Å². The minimum absolute atomic E-state index is 0.103. The number of carbonyl (C=O) groups is 4. The monoisotopic (exact) mass is 1300 g/mol. The lowest BCUT2D eigenvalue weighted by Gasteiger charge is -2.21. The van der Waals surface area contributed by atoms with Crippen molar-refractivity contribution in [2.24, 2.45) is 17.8 Å². The summed E-state index contributed by atoms with van der Waals surface area (Å²) in [5.41, 5.74) is 0. The van der Waals surface area contributed by atoms with E-state index in [9.17, 15) is 43.2 Å². The number of ether oxygens (including phenoxy) is 4. The highest BCUT2D eigenvalue weighted by atomic mass is 31.2. The van der Waals surface area contributed by atoms with Crippen molar-refractivity contribution in [3.8, 4) is 0 Å². The van der Waals surface area contributed by atoms with Gasteiger partial charge in [0.2, 0.25) is 0 Å². The molecule has 0 heterocycles. The Morgan fingerprint density at radius 3 is 0.807 bits per heavy atom. The molecule has 0 rings (SSSR count). The van der Waals surface area contributed by atoms with Crippen LogP contribution in [0.1, 0.15) is 344 Å². The Balaban J connectivity index is 5.26. The number of carbonyl (C=O) groups excluding carboxylic acids is 4. The molecule has 522 valence electrons. The van der Waals surface area contributed by atoms with Crippen LogP contribution in [0.25, 0.3) is 0 Å². The molecule has 0 saturated heterocycles. The first kappa shape index (κ1) is 86.1. The number of rotatable bonds is 67. The van der Waals surface area contributed by atoms with Gasteiger partial charge in [-0.3, -0.25) is 37.3 Å². The Hall–Kier alpha value is -1.94. The van der Waals surface area contributed by atoms with Gasteiger partial charge in [-0.05, 0) is 43.4 Å². The molecule has 88 heavy (non-hydrogen) atoms. The molecule has 0 bridgehead atoms. The molecule has 17 nitrogen and oxygen atoms in total. The van der Waals surface area contributed by atoms with Crippen molar-refractivity contribution < 1.29 is 80.2 Å². The number of esters is 4. The maximum atomic E-state index is 13.0. The summed E-state index contributed by atoms with van der Waals surface area (Å²) in [5, 5.41) is 10.6. The van der Waals surface area contributed by atoms with Crippen LogP contribution in [0.2, 0.25) is 0 Å². The lowest BCUT2D eigenvalue weighted by Crippen LogP contribution is -2.30. The fraction of sp³-hybridized carbons (Fsp3) is 0.942. The van der Waals surface area contributed by atoms with Gasteiger partial charge in [-0.25, -0.2) is 9.13 Å². The van der Waals surface area contributed by atoms with Gasteiger partial charge >= 0.3 is 39.5 Å². The van der Waals surface area contributed by atoms with E-state index in [0.29, 0.717) is 25.7 Å². The van der Waals surface area contributed by atoms with Crippen LogP contribution in [0.3, 0.4) is 0 Å². The zero-order chi connectivity index (χ0) is 65.2. The summed E-state index contributed by atoms with van der Waals surface area (Å²) < 4.78 is 68.2. The quantitative estimate of drug-likeness (QED) is 0.0222. The molecule has 0 aromatic carbocycles. The Labute approximate surface area is 537 Å². The Morgan fingerprint density at radius 2 is 0.545 bits per heavy atom. The molecule has 0 aliphatic heterocycles. The molecule has 0 aliphatic rings. The van der Waals surface area contributed by atoms with Crippen molar-refractivity contribution in [2.45, 2.75) is 362 Å². The van der Waals surface area contributed by atoms with Gasteiger partial charge in [0.25, 0.3) is 0 Å². The molecule has 5 unspecified atom stereocenters. The summed E-state index contributed by atoms with van der Waals surface area (Å²) in [6.07, 6.45) is 42.9. The minimum Gasteiger partial charge on any atom is -0.462 e. The van der Waals surface area contributed by atoms with Crippen LogP contribution in [-0.4, -0.2) is 96.7 Å². The third-order valence-electron chi connectivity index (χ3n) is 17.0. The van der Waals surface area contributed by atoms with E-state index >= 15 is 0 Å². The number of phosphoric ester groups is 2. The van der Waals surface area contributed by atoms with Crippen molar-refractivity contribution in [1.29, 1.82) is 0 Å². The van der Waals surface area contributed by atoms with Crippen molar-refractivity contribution in [2.75, 3.05) is 39.6 Å². The summed E-state index contributed by atoms with van der Waals surface area (Å²) >= 11 is 0. The molecule has 0 radical (unpaired) electrons. The summed E-state index contributed by atoms with van der Waals surface area (Å²) in [6, 6.07) is 0. The topological polar surface area (TPSA) is 237 Å². The standard InChI is InChI=1S/C69H134O17P2/c1-8-12-13-14-15-16-23-28-36-43-50-66(71)80-57-65(86-69(74)53-46-39-32-31-35-42-49-62(7)11-4)59-84-88(77,78)82-55-63(70)54-81-87(75,76)83-58-64(85-68(73)52-45-38-30-25-20-18-22-27-34-41-48-61(6)10-3)56-79-67(72)51-44-37-29-24-19-17-21-26-33-40-47-60(5)9-2/h60-65,70H,8-59H2,1-7H3,(H,75,76)(H,77,78)/t60?,61?,62?,63-,64-,65-/m1/s1. The van der Waals surface area contributed by atoms with E-state index in [2.05, 4.69) is 48.5 Å². The second-order valence-electron chi connectivity index (χ2n) is 25.6. The average molecular weight is 1300 g/mol. The van der Waals surface area contributed by atoms with Crippen molar-refractivity contribution in [3.05, 3.63) is 0 Å². The number of unbranched alkanes of at least 4 members (excludes halogenated alkanes) is 32. The zero-order valence-corrected chi connectivity index (χ0v) is 59.0. The van der Waals surface area contributed by atoms with Gasteiger partial charge < -0.3 is 33.8 Å². The largest absolute Gasteiger partial charge is 0.472 e. The van der Waals surface area contributed by atoms with Crippen LogP contribution in [0.15, 0.2) is 0 Å². The van der Waals surface area contributed by atoms with E-state index in [4.69, 9.17) is 37.0 Å². The number of hydrogen-bond acceptors (Lipinski definition) is 15. The SMILES string of the molecule is CCCCCCCCCCCCC(=O)OC[C@H](COP(=O)(O)OC[C@H](O)COP(=O)(O)OC[C@@H](COC(=O)CCCCCCCCCCCCC(C)CC)OC(=O)CCCCCCCCCCCCC(C)CC)OC(=O)CCCCCCCCC(C)CC. The first-order valence-electron chi connectivity index (χ1n) is 36.0. The number of aliphatic hydroxyl groups is 1. The molecule has 19 heteroatoms. The van der Waals surface area contributed by atoms with Gasteiger partial charge in [0.1, 0.15) is 19.3 Å². The molecule has 0 amide bonds. The van der Waals surface area contributed by atoms with Gasteiger partial charge in [-0.15, -0.1) is 0 Å². The molecule has 0 saturated carbocycles. The van der Waals surface area contributed by atoms with Crippen LogP contribution in [0, 0.1) is 17.8 Å². The fourth-order valence-corrected chi connectivity index (χ4v) is 11.8. The minimum atomic E-state index is -4.95. The van der Waals surface area contributed by atoms with E-state index in [1.165, 1.54) is 154 Å². The van der Waals surface area contributed by atoms with E-state index in [-0.39, 0.29) is 25.7 Å². The van der Waals surface area contributed by atoms with Gasteiger partial charge in [-0.1, -0.05) is 292 Å². The van der Waals surface area contributed by atoms with E-state index in [0.717, 1.165) is 108 Å². The summed E-state index contributed by atoms with van der Waals surface area (Å²) in [5.74, 6) is 0.203. The molecule has 0 aliphatic carbocycles. The molecule has 3 N–H and O–H groups in total. The van der Waals surface area contributed by atoms with Crippen LogP contribution >= 0.6 is 15.6 Å². The van der Waals surface area contributed by atoms with E-state index in [1.54, 1.807) is 0 Å². The number of hydrogen-bond donors (Lipinski definition) is 3. The predicted molar refractivity (Wildman–Crippen MR) is 354 cm³/mol. The zero-order valence-electron chi connectivity index (χ0n) is 57.2. The Bertz CT molecular complexity index is 1740. The fourth-order valence-electron chi connectivity index (χ4n) is 10.3. The van der Waals surface area contributed by atoms with Gasteiger partial charge in [0, 0.05) is 25.7 Å². The van der Waals surface area contributed by atoms with Crippen molar-refractivity contribution in [1.82, 2.24) is 0 Å². The highest BCUT2D eigenvalue weighted by molar-refractivity contribution is 7.47. The average Bonchev–Trinajstić information content (AvgIpc) is 3.70. The molecule has 0 aromatic rings. The first-order chi connectivity index (χ1) is 42.3. The van der Waals surface area contributed by atoms with E-state index in [1.807, 2.05) is 0 Å². The molecular formula is C69H134O17P2. The van der Waals surface area contributed by atoms with Crippen LogP contribution in [0.4, 0.5) is 0 Å². The third kappa shape index (κ3) is 59.1. The highest BCUT2D eigenvalue weighted by Crippen LogP contribution is 2.45. The van der Waals surface area contributed by atoms with E-state index < -0.39 is 97.5 Å². The molecule has 0 spiro atoms. The van der Waals surface area contributed by atoms with Crippen molar-refractivity contribution >= 4 is 39.5 Å². The summed E-state index contributed by atoms with van der Waals surface area (Å²) in [7, 11) is -9.90. The summed E-state index contributed by atoms with van der Waals surface area (Å²) in [6.45, 7) is 11.8. The Kier molecular flexibility index (Phi) is 58.7. The smallest absolute Gasteiger partial charge is 0.462 e. The molecular weight excluding hydrogens is 1160 g/mol. The second-order valence-corrected chi connectivity index (χ2v) is 28.6. The predicted octanol–water partition coefficient (Wildman–Crippen LogP) is 19.5. The Morgan fingerprint density at radius 1 is 0.318 bits per heavy atom. The molecule has 8 atom stereocenters. The highest BCUT2D eigenvalue weighted by Gasteiger charge is 2.30. The number of aliphatic hydroxyl groups excluding tert-OH is 1. The van der Waals surface area contributed by atoms with Gasteiger partial charge in [0.15, 0.2) is 12.2 Å².